The maximum absolute atomic E-state index is 12.2. The molecule has 6 nitrogen and oxygen atoms in total. The monoisotopic (exact) mass is 412 g/mol. The third-order valence-corrected chi connectivity index (χ3v) is 6.05. The summed E-state index contributed by atoms with van der Waals surface area (Å²) >= 11 is 12.4. The molecule has 0 atom stereocenters. The number of hydrogen-bond donors (Lipinski definition) is 1. The number of halogens is 2. The average Bonchev–Trinajstić information content (AvgIpc) is 2.82. The zero-order valence-corrected chi connectivity index (χ0v) is 17.3. The van der Waals surface area contributed by atoms with E-state index in [0.29, 0.717) is 16.6 Å². The molecule has 2 fully saturated rings. The van der Waals surface area contributed by atoms with E-state index >= 15 is 0 Å². The van der Waals surface area contributed by atoms with Gasteiger partial charge in [-0.25, -0.2) is 4.79 Å². The van der Waals surface area contributed by atoms with Crippen molar-refractivity contribution in [3.05, 3.63) is 33.8 Å². The van der Waals surface area contributed by atoms with Crippen LogP contribution >= 0.6 is 23.2 Å². The van der Waals surface area contributed by atoms with Crippen LogP contribution in [0.3, 0.4) is 0 Å². The molecule has 0 saturated carbocycles. The second-order valence-electron chi connectivity index (χ2n) is 7.70. The first-order chi connectivity index (χ1) is 12.8. The molecular formula is C19H26Cl2N4O2. The molecule has 8 heteroatoms. The number of amides is 3. The van der Waals surface area contributed by atoms with Gasteiger partial charge in [-0.3, -0.25) is 14.6 Å². The van der Waals surface area contributed by atoms with Crippen molar-refractivity contribution in [1.29, 1.82) is 0 Å². The highest BCUT2D eigenvalue weighted by Crippen LogP contribution is 2.26. The average molecular weight is 413 g/mol. The first-order valence-electron chi connectivity index (χ1n) is 9.29. The van der Waals surface area contributed by atoms with Gasteiger partial charge in [0.15, 0.2) is 0 Å². The van der Waals surface area contributed by atoms with E-state index in [1.165, 1.54) is 4.90 Å². The van der Waals surface area contributed by atoms with Crippen LogP contribution in [0.1, 0.15) is 25.8 Å². The lowest BCUT2D eigenvalue weighted by Gasteiger charge is -2.35. The third kappa shape index (κ3) is 4.74. The van der Waals surface area contributed by atoms with Crippen molar-refractivity contribution in [2.45, 2.75) is 32.4 Å². The van der Waals surface area contributed by atoms with Crippen molar-refractivity contribution in [3.63, 3.8) is 0 Å². The van der Waals surface area contributed by atoms with Gasteiger partial charge in [0.25, 0.3) is 5.91 Å². The van der Waals surface area contributed by atoms with Gasteiger partial charge in [-0.1, -0.05) is 35.3 Å². The highest BCUT2D eigenvalue weighted by Gasteiger charge is 2.43. The quantitative estimate of drug-likeness (QED) is 0.729. The summed E-state index contributed by atoms with van der Waals surface area (Å²) in [7, 11) is 0. The molecule has 1 aromatic rings. The molecular weight excluding hydrogens is 387 g/mol. The van der Waals surface area contributed by atoms with Gasteiger partial charge in [0.1, 0.15) is 5.54 Å². The van der Waals surface area contributed by atoms with Crippen LogP contribution < -0.4 is 5.32 Å². The zero-order chi connectivity index (χ0) is 19.6. The highest BCUT2D eigenvalue weighted by molar-refractivity contribution is 6.42. The fraction of sp³-hybridized carbons (Fsp3) is 0.579. The van der Waals surface area contributed by atoms with Gasteiger partial charge in [-0.2, -0.15) is 0 Å². The molecule has 2 aliphatic heterocycles. The van der Waals surface area contributed by atoms with E-state index < -0.39 is 5.54 Å². The predicted molar refractivity (Wildman–Crippen MR) is 107 cm³/mol. The Labute approximate surface area is 170 Å². The number of imide groups is 1. The summed E-state index contributed by atoms with van der Waals surface area (Å²) < 4.78 is 0. The standard InChI is InChI=1S/C19H26Cl2N4O2/c1-19(2)17(26)25(18(27)22-19)8-4-7-23-9-11-24(12-10-23)13-14-5-3-6-15(20)16(14)21/h3,5-6H,4,7-13H2,1-2H3,(H,22,27). The molecule has 2 heterocycles. The van der Waals surface area contributed by atoms with E-state index in [2.05, 4.69) is 15.1 Å². The summed E-state index contributed by atoms with van der Waals surface area (Å²) in [5, 5.41) is 3.95. The van der Waals surface area contributed by atoms with E-state index in [0.717, 1.165) is 51.3 Å². The number of hydrogen-bond acceptors (Lipinski definition) is 4. The summed E-state index contributed by atoms with van der Waals surface area (Å²) in [6.45, 7) is 9.45. The molecule has 0 unspecified atom stereocenters. The summed E-state index contributed by atoms with van der Waals surface area (Å²) in [5.74, 6) is -0.143. The molecule has 1 aromatic carbocycles. The molecule has 3 amide bonds. The second kappa shape index (κ2) is 8.35. The maximum atomic E-state index is 12.2. The van der Waals surface area contributed by atoms with Crippen LogP contribution in [0, 0.1) is 0 Å². The van der Waals surface area contributed by atoms with Crippen LogP contribution in [0.4, 0.5) is 4.79 Å². The minimum atomic E-state index is -0.787. The molecule has 2 saturated heterocycles. The fourth-order valence-electron chi connectivity index (χ4n) is 3.56. The minimum absolute atomic E-state index is 0.143. The van der Waals surface area contributed by atoms with Gasteiger partial charge in [0.2, 0.25) is 0 Å². The smallest absolute Gasteiger partial charge is 0.324 e. The van der Waals surface area contributed by atoms with E-state index in [1.807, 2.05) is 12.1 Å². The number of piperazine rings is 1. The lowest BCUT2D eigenvalue weighted by atomic mass is 10.1. The van der Waals surface area contributed by atoms with Gasteiger partial charge >= 0.3 is 6.03 Å². The zero-order valence-electron chi connectivity index (χ0n) is 15.8. The Morgan fingerprint density at radius 2 is 1.70 bits per heavy atom. The van der Waals surface area contributed by atoms with Crippen LogP contribution in [0.25, 0.3) is 0 Å². The normalized spacial score (nSPS) is 21.0. The molecule has 2 aliphatic rings. The Balaban J connectivity index is 1.41. The highest BCUT2D eigenvalue weighted by atomic mass is 35.5. The van der Waals surface area contributed by atoms with Gasteiger partial charge in [-0.15, -0.1) is 0 Å². The summed E-state index contributed by atoms with van der Waals surface area (Å²) in [6.07, 6.45) is 0.787. The topological polar surface area (TPSA) is 55.9 Å². The molecule has 3 rings (SSSR count). The van der Waals surface area contributed by atoms with Crippen LogP contribution in [-0.4, -0.2) is 71.4 Å². The van der Waals surface area contributed by atoms with Crippen molar-refractivity contribution in [3.8, 4) is 0 Å². The first-order valence-corrected chi connectivity index (χ1v) is 10.1. The van der Waals surface area contributed by atoms with Gasteiger partial charge in [0.05, 0.1) is 10.0 Å². The summed E-state index contributed by atoms with van der Waals surface area (Å²) in [5.41, 5.74) is 0.267. The summed E-state index contributed by atoms with van der Waals surface area (Å²) in [4.78, 5) is 30.2. The van der Waals surface area contributed by atoms with Crippen molar-refractivity contribution in [2.24, 2.45) is 0 Å². The van der Waals surface area contributed by atoms with Crippen LogP contribution in [0.5, 0.6) is 0 Å². The van der Waals surface area contributed by atoms with Crippen molar-refractivity contribution >= 4 is 35.1 Å². The van der Waals surface area contributed by atoms with Crippen LogP contribution in [0.2, 0.25) is 10.0 Å². The van der Waals surface area contributed by atoms with Gasteiger partial charge in [-0.05, 0) is 38.4 Å². The number of carbonyl (C=O) groups excluding carboxylic acids is 2. The molecule has 1 N–H and O–H groups in total. The second-order valence-corrected chi connectivity index (χ2v) is 8.48. The molecule has 0 spiro atoms. The fourth-order valence-corrected chi connectivity index (χ4v) is 3.94. The Morgan fingerprint density at radius 3 is 2.33 bits per heavy atom. The molecule has 0 aliphatic carbocycles. The number of nitrogens with one attached hydrogen (secondary N) is 1. The molecule has 27 heavy (non-hydrogen) atoms. The maximum Gasteiger partial charge on any atom is 0.325 e. The van der Waals surface area contributed by atoms with Gasteiger partial charge < -0.3 is 10.2 Å². The number of nitrogens with zero attached hydrogens (tertiary/aromatic N) is 3. The molecule has 0 radical (unpaired) electrons. The van der Waals surface area contributed by atoms with E-state index in [-0.39, 0.29) is 11.9 Å². The Kier molecular flexibility index (Phi) is 6.31. The SMILES string of the molecule is CC1(C)NC(=O)N(CCCN2CCN(Cc3cccc(Cl)c3Cl)CC2)C1=O. The largest absolute Gasteiger partial charge is 0.325 e. The first kappa shape index (κ1) is 20.4. The van der Waals surface area contributed by atoms with Gasteiger partial charge in [0, 0.05) is 39.3 Å². The van der Waals surface area contributed by atoms with E-state index in [9.17, 15) is 9.59 Å². The Hall–Kier alpha value is -1.34. The Morgan fingerprint density at radius 1 is 1.04 bits per heavy atom. The molecule has 148 valence electrons. The Bertz CT molecular complexity index is 718. The molecule has 0 bridgehead atoms. The number of rotatable bonds is 6. The summed E-state index contributed by atoms with van der Waals surface area (Å²) in [6, 6.07) is 5.46. The van der Waals surface area contributed by atoms with Crippen LogP contribution in [-0.2, 0) is 11.3 Å². The van der Waals surface area contributed by atoms with Crippen molar-refractivity contribution in [2.75, 3.05) is 39.3 Å². The molecule has 0 aromatic heterocycles. The van der Waals surface area contributed by atoms with Crippen molar-refractivity contribution in [1.82, 2.24) is 20.0 Å². The lowest BCUT2D eigenvalue weighted by Crippen LogP contribution is -2.46. The third-order valence-electron chi connectivity index (χ3n) is 5.19. The number of carbonyl (C=O) groups is 2. The number of urea groups is 1. The lowest BCUT2D eigenvalue weighted by molar-refractivity contribution is -0.130. The van der Waals surface area contributed by atoms with E-state index in [4.69, 9.17) is 23.2 Å². The van der Waals surface area contributed by atoms with Crippen molar-refractivity contribution < 1.29 is 9.59 Å². The van der Waals surface area contributed by atoms with Crippen LogP contribution in [0.15, 0.2) is 18.2 Å². The number of benzene rings is 1. The minimum Gasteiger partial charge on any atom is -0.324 e. The predicted octanol–water partition coefficient (Wildman–Crippen LogP) is 2.83. The van der Waals surface area contributed by atoms with E-state index in [1.54, 1.807) is 19.9 Å².